The Morgan fingerprint density at radius 2 is 1.54 bits per heavy atom. The molecular formula is C35H46O4. The number of benzene rings is 2. The molecule has 0 aliphatic carbocycles. The van der Waals surface area contributed by atoms with E-state index in [1.165, 1.54) is 70.6 Å². The molecule has 2 aromatic rings. The van der Waals surface area contributed by atoms with Gasteiger partial charge in [0.2, 0.25) is 5.78 Å². The van der Waals surface area contributed by atoms with Crippen LogP contribution in [0.5, 0.6) is 11.5 Å². The molecule has 2 aromatic carbocycles. The zero-order chi connectivity index (χ0) is 27.7. The highest BCUT2D eigenvalue weighted by atomic mass is 16.5. The van der Waals surface area contributed by atoms with E-state index >= 15 is 0 Å². The third-order valence-electron chi connectivity index (χ3n) is 7.24. The molecule has 0 amide bonds. The summed E-state index contributed by atoms with van der Waals surface area (Å²) >= 11 is 0. The normalized spacial score (nSPS) is 13.7. The molecule has 1 heterocycles. The van der Waals surface area contributed by atoms with Gasteiger partial charge in [0.05, 0.1) is 12.7 Å². The number of ketones is 2. The number of unbranched alkanes of at least 4 members (excludes halogenated alkanes) is 11. The number of Topliss-reactive ketones (excluding diaryl/α,β-unsaturated/α-hetero) is 2. The fraction of sp³-hybridized carbons (Fsp3) is 0.486. The third kappa shape index (κ3) is 10.9. The van der Waals surface area contributed by atoms with Crippen molar-refractivity contribution in [2.75, 3.05) is 7.11 Å². The fourth-order valence-corrected chi connectivity index (χ4v) is 4.94. The Balaban J connectivity index is 1.29. The van der Waals surface area contributed by atoms with Crippen molar-refractivity contribution in [3.8, 4) is 11.5 Å². The molecular weight excluding hydrogens is 484 g/mol. The molecule has 0 bridgehead atoms. The van der Waals surface area contributed by atoms with Gasteiger partial charge < -0.3 is 9.47 Å². The lowest BCUT2D eigenvalue weighted by Crippen LogP contribution is -2.03. The van der Waals surface area contributed by atoms with Crippen LogP contribution in [0, 0.1) is 0 Å². The van der Waals surface area contributed by atoms with Crippen LogP contribution in [0.3, 0.4) is 0 Å². The van der Waals surface area contributed by atoms with Crippen molar-refractivity contribution < 1.29 is 19.1 Å². The van der Waals surface area contributed by atoms with Crippen LogP contribution in [0.2, 0.25) is 0 Å². The lowest BCUT2D eigenvalue weighted by molar-refractivity contribution is -0.118. The second-order valence-corrected chi connectivity index (χ2v) is 10.6. The van der Waals surface area contributed by atoms with E-state index in [2.05, 4.69) is 19.1 Å². The molecule has 0 unspecified atom stereocenters. The van der Waals surface area contributed by atoms with Gasteiger partial charge in [-0.2, -0.15) is 0 Å². The molecule has 0 saturated heterocycles. The zero-order valence-corrected chi connectivity index (χ0v) is 24.0. The predicted molar refractivity (Wildman–Crippen MR) is 161 cm³/mol. The van der Waals surface area contributed by atoms with Crippen molar-refractivity contribution in [3.63, 3.8) is 0 Å². The maximum atomic E-state index is 12.9. The van der Waals surface area contributed by atoms with E-state index in [9.17, 15) is 9.59 Å². The number of fused-ring (bicyclic) bond motifs is 1. The smallest absolute Gasteiger partial charge is 0.231 e. The van der Waals surface area contributed by atoms with Gasteiger partial charge in [-0.25, -0.2) is 0 Å². The molecule has 4 nitrogen and oxygen atoms in total. The molecule has 39 heavy (non-hydrogen) atoms. The van der Waals surface area contributed by atoms with E-state index in [0.29, 0.717) is 24.2 Å². The van der Waals surface area contributed by atoms with Crippen LogP contribution in [0.1, 0.15) is 118 Å². The third-order valence-corrected chi connectivity index (χ3v) is 7.24. The number of rotatable bonds is 19. The topological polar surface area (TPSA) is 52.6 Å². The fourth-order valence-electron chi connectivity index (χ4n) is 4.94. The highest BCUT2D eigenvalue weighted by molar-refractivity contribution is 6.14. The van der Waals surface area contributed by atoms with Gasteiger partial charge in [0, 0.05) is 12.8 Å². The number of methoxy groups -OCH3 is 1. The highest BCUT2D eigenvalue weighted by Crippen LogP contribution is 2.33. The Hall–Kier alpha value is -3.14. The monoisotopic (exact) mass is 530 g/mol. The first-order chi connectivity index (χ1) is 19.1. The summed E-state index contributed by atoms with van der Waals surface area (Å²) in [5.74, 6) is 1.63. The molecule has 0 N–H and O–H groups in total. The van der Waals surface area contributed by atoms with Crippen molar-refractivity contribution in [1.82, 2.24) is 0 Å². The minimum atomic E-state index is -0.153. The molecule has 0 radical (unpaired) electrons. The van der Waals surface area contributed by atoms with E-state index in [0.717, 1.165) is 29.7 Å². The number of carbonyl (C=O) groups excluding carboxylic acids is 2. The molecule has 210 valence electrons. The summed E-state index contributed by atoms with van der Waals surface area (Å²) in [6.07, 6.45) is 23.6. The summed E-state index contributed by atoms with van der Waals surface area (Å²) in [6.45, 7) is 2.26. The Morgan fingerprint density at radius 3 is 2.26 bits per heavy atom. The number of carbonyl (C=O) groups is 2. The Kier molecular flexibility index (Phi) is 13.6. The van der Waals surface area contributed by atoms with Crippen LogP contribution in [0.15, 0.2) is 60.4 Å². The van der Waals surface area contributed by atoms with Crippen LogP contribution in [-0.4, -0.2) is 18.7 Å². The van der Waals surface area contributed by atoms with Crippen LogP contribution < -0.4 is 9.47 Å². The van der Waals surface area contributed by atoms with Gasteiger partial charge in [-0.05, 0) is 73.6 Å². The second-order valence-electron chi connectivity index (χ2n) is 10.6. The van der Waals surface area contributed by atoms with Gasteiger partial charge in [0.1, 0.15) is 17.3 Å². The van der Waals surface area contributed by atoms with Crippen molar-refractivity contribution >= 4 is 17.6 Å². The van der Waals surface area contributed by atoms with Crippen LogP contribution in [-0.2, 0) is 11.2 Å². The lowest BCUT2D eigenvalue weighted by Gasteiger charge is -2.04. The van der Waals surface area contributed by atoms with Crippen molar-refractivity contribution in [1.29, 1.82) is 0 Å². The van der Waals surface area contributed by atoms with Crippen LogP contribution in [0.25, 0.3) is 6.08 Å². The Labute approximate surface area is 235 Å². The number of hydrogen-bond acceptors (Lipinski definition) is 4. The molecule has 3 rings (SSSR count). The van der Waals surface area contributed by atoms with Crippen LogP contribution in [0.4, 0.5) is 0 Å². The first-order valence-corrected chi connectivity index (χ1v) is 15.0. The minimum absolute atomic E-state index is 0.153. The van der Waals surface area contributed by atoms with Crippen molar-refractivity contribution in [2.45, 2.75) is 103 Å². The predicted octanol–water partition coefficient (Wildman–Crippen LogP) is 9.46. The molecule has 4 heteroatoms. The minimum Gasteiger partial charge on any atom is -0.497 e. The van der Waals surface area contributed by atoms with Gasteiger partial charge in [0.15, 0.2) is 5.76 Å². The van der Waals surface area contributed by atoms with E-state index in [4.69, 9.17) is 9.47 Å². The maximum absolute atomic E-state index is 12.9. The largest absolute Gasteiger partial charge is 0.497 e. The molecule has 0 atom stereocenters. The first-order valence-electron chi connectivity index (χ1n) is 15.0. The summed E-state index contributed by atoms with van der Waals surface area (Å²) in [7, 11) is 1.61. The second kappa shape index (κ2) is 17.4. The SMILES string of the molecule is CCCCCCCC/C=C/CCCCCCCC(=O)Cc1ccc2c(c1)C(=O)/C(=C/c1cccc(OC)c1)O2. The molecule has 1 aliphatic heterocycles. The lowest BCUT2D eigenvalue weighted by atomic mass is 10.00. The molecule has 0 spiro atoms. The highest BCUT2D eigenvalue weighted by Gasteiger charge is 2.27. The Morgan fingerprint density at radius 1 is 0.846 bits per heavy atom. The number of ether oxygens (including phenoxy) is 2. The maximum Gasteiger partial charge on any atom is 0.231 e. The quantitative estimate of drug-likeness (QED) is 0.103. The average Bonchev–Trinajstić information content (AvgIpc) is 3.25. The summed E-state index contributed by atoms with van der Waals surface area (Å²) in [5.41, 5.74) is 2.22. The van der Waals surface area contributed by atoms with E-state index in [-0.39, 0.29) is 17.3 Å². The molecule has 0 aromatic heterocycles. The van der Waals surface area contributed by atoms with Crippen LogP contribution >= 0.6 is 0 Å². The molecule has 0 fully saturated rings. The van der Waals surface area contributed by atoms with E-state index in [1.54, 1.807) is 19.3 Å². The zero-order valence-electron chi connectivity index (χ0n) is 24.0. The standard InChI is InChI=1S/C35H46O4/c1-3-4-5-6-7-8-9-10-11-12-13-14-15-16-17-20-30(36)24-29-22-23-33-32(26-29)35(37)34(39-33)27-28-19-18-21-31(25-28)38-2/h10-11,18-19,21-23,25-27H,3-9,12-17,20,24H2,1-2H3/b11-10+,34-27-. The van der Waals surface area contributed by atoms with Crippen molar-refractivity contribution in [2.24, 2.45) is 0 Å². The first kappa shape index (κ1) is 30.4. The summed E-state index contributed by atoms with van der Waals surface area (Å²) in [6, 6.07) is 13.0. The van der Waals surface area contributed by atoms with Gasteiger partial charge in [-0.3, -0.25) is 9.59 Å². The van der Waals surface area contributed by atoms with Gasteiger partial charge >= 0.3 is 0 Å². The molecule has 1 aliphatic rings. The number of hydrogen-bond donors (Lipinski definition) is 0. The van der Waals surface area contributed by atoms with E-state index < -0.39 is 0 Å². The number of allylic oxidation sites excluding steroid dienone is 3. The van der Waals surface area contributed by atoms with Gasteiger partial charge in [-0.1, -0.05) is 88.6 Å². The van der Waals surface area contributed by atoms with Gasteiger partial charge in [-0.15, -0.1) is 0 Å². The molecule has 0 saturated carbocycles. The summed E-state index contributed by atoms with van der Waals surface area (Å²) in [4.78, 5) is 25.5. The van der Waals surface area contributed by atoms with Crippen molar-refractivity contribution in [3.05, 3.63) is 77.1 Å². The van der Waals surface area contributed by atoms with E-state index in [1.807, 2.05) is 36.4 Å². The Bertz CT molecular complexity index is 1110. The summed E-state index contributed by atoms with van der Waals surface area (Å²) < 4.78 is 11.1. The summed E-state index contributed by atoms with van der Waals surface area (Å²) in [5, 5.41) is 0. The van der Waals surface area contributed by atoms with Gasteiger partial charge in [0.25, 0.3) is 0 Å². The average molecular weight is 531 g/mol.